The summed E-state index contributed by atoms with van der Waals surface area (Å²) in [5.41, 5.74) is 0.295. The molecule has 0 saturated carbocycles. The number of halogens is 1. The lowest BCUT2D eigenvalue weighted by molar-refractivity contribution is 0.195. The minimum Gasteiger partial charge on any atom is -0.309 e. The topological polar surface area (TPSA) is 78.9 Å². The average molecular weight is 357 g/mol. The van der Waals surface area contributed by atoms with Crippen LogP contribution in [0.15, 0.2) is 17.0 Å². The fourth-order valence-corrected chi connectivity index (χ4v) is 4.91. The second kappa shape index (κ2) is 6.77. The zero-order chi connectivity index (χ0) is 16.4. The molecule has 0 saturated heterocycles. The van der Waals surface area contributed by atoms with E-state index in [9.17, 15) is 13.0 Å². The molecule has 1 rings (SSSR count). The molecule has 0 heterocycles. The van der Waals surface area contributed by atoms with Crippen molar-refractivity contribution in [3.63, 3.8) is 0 Å². The summed E-state index contributed by atoms with van der Waals surface area (Å²) in [5.74, 6) is 0. The number of benzene rings is 1. The van der Waals surface area contributed by atoms with Gasteiger partial charge in [-0.1, -0.05) is 11.6 Å². The molecule has 0 spiro atoms. The van der Waals surface area contributed by atoms with Crippen LogP contribution in [0.4, 0.5) is 0 Å². The molecule has 0 aromatic heterocycles. The Kier molecular flexibility index (Phi) is 6.00. The fraction of sp³-hybridized carbons (Fsp3) is 0.500. The van der Waals surface area contributed by atoms with Gasteiger partial charge in [-0.15, -0.1) is 0 Å². The van der Waals surface area contributed by atoms with Gasteiger partial charge in [0.05, 0.1) is 23.5 Å². The maximum absolute atomic E-state index is 12.6. The zero-order valence-corrected chi connectivity index (χ0v) is 14.9. The Morgan fingerprint density at radius 3 is 2.19 bits per heavy atom. The molecule has 0 fully saturated rings. The predicted molar refractivity (Wildman–Crippen MR) is 80.9 cm³/mol. The van der Waals surface area contributed by atoms with Gasteiger partial charge < -0.3 is 9.05 Å². The van der Waals surface area contributed by atoms with Gasteiger partial charge in [0.15, 0.2) is 0 Å². The van der Waals surface area contributed by atoms with Crippen LogP contribution in [0.2, 0.25) is 5.02 Å². The normalized spacial score (nSPS) is 15.2. The summed E-state index contributed by atoms with van der Waals surface area (Å²) >= 11 is 6.01. The van der Waals surface area contributed by atoms with Gasteiger partial charge in [-0.25, -0.2) is 0 Å². The van der Waals surface area contributed by atoms with Gasteiger partial charge in [0.25, 0.3) is 10.1 Å². The summed E-state index contributed by atoms with van der Waals surface area (Å²) in [6.45, 7) is 4.95. The molecule has 0 aliphatic heterocycles. The molecule has 9 heteroatoms. The van der Waals surface area contributed by atoms with Crippen LogP contribution in [0.25, 0.3) is 0 Å². The summed E-state index contributed by atoms with van der Waals surface area (Å²) in [4.78, 5) is -0.164. The first-order valence-electron chi connectivity index (χ1n) is 6.03. The van der Waals surface area contributed by atoms with Gasteiger partial charge in [0.2, 0.25) is 0 Å². The van der Waals surface area contributed by atoms with E-state index in [0.29, 0.717) is 5.56 Å². The van der Waals surface area contributed by atoms with Crippen molar-refractivity contribution in [2.24, 2.45) is 0 Å². The Morgan fingerprint density at radius 1 is 1.24 bits per heavy atom. The summed E-state index contributed by atoms with van der Waals surface area (Å²) < 4.78 is 51.0. The van der Waals surface area contributed by atoms with Crippen molar-refractivity contribution >= 4 is 34.6 Å². The lowest BCUT2D eigenvalue weighted by Crippen LogP contribution is -2.16. The van der Waals surface area contributed by atoms with Gasteiger partial charge in [-0.3, -0.25) is 8.75 Å². The van der Waals surface area contributed by atoms with Crippen molar-refractivity contribution in [1.82, 2.24) is 0 Å². The van der Waals surface area contributed by atoms with E-state index in [0.717, 1.165) is 7.11 Å². The summed E-state index contributed by atoms with van der Waals surface area (Å²) in [5, 5.41) is 0.0905. The predicted octanol–water partition coefficient (Wildman–Crippen LogP) is 2.87. The molecule has 0 aliphatic carbocycles. The Morgan fingerprint density at radius 2 is 1.81 bits per heavy atom. The van der Waals surface area contributed by atoms with Crippen molar-refractivity contribution in [2.75, 3.05) is 14.2 Å². The van der Waals surface area contributed by atoms with Crippen LogP contribution < -0.4 is 5.30 Å². The molecule has 0 aliphatic rings. The highest BCUT2D eigenvalue weighted by molar-refractivity contribution is 7.87. The lowest BCUT2D eigenvalue weighted by atomic mass is 10.2. The number of hydrogen-bond acceptors (Lipinski definition) is 6. The van der Waals surface area contributed by atoms with Crippen molar-refractivity contribution < 1.29 is 26.2 Å². The minimum absolute atomic E-state index is 0.100. The molecule has 0 N–H and O–H groups in total. The molecule has 6 nitrogen and oxygen atoms in total. The number of hydrogen-bond donors (Lipinski definition) is 0. The van der Waals surface area contributed by atoms with Gasteiger partial charge in [0, 0.05) is 7.11 Å². The minimum atomic E-state index is -3.95. The second-order valence-corrected chi connectivity index (χ2v) is 8.67. The molecule has 1 aromatic carbocycles. The molecular weight excluding hydrogens is 339 g/mol. The highest BCUT2D eigenvalue weighted by atomic mass is 35.5. The molecular formula is C12H18ClO6PS. The smallest absolute Gasteiger partial charge is 0.309 e. The Hall–Kier alpha value is -0.430. The maximum atomic E-state index is 12.6. The largest absolute Gasteiger partial charge is 0.361 e. The third kappa shape index (κ3) is 4.06. The van der Waals surface area contributed by atoms with E-state index in [-0.39, 0.29) is 21.3 Å². The molecule has 120 valence electrons. The zero-order valence-electron chi connectivity index (χ0n) is 12.4. The Bertz CT molecular complexity index is 647. The third-order valence-corrected chi connectivity index (χ3v) is 6.55. The van der Waals surface area contributed by atoms with Crippen molar-refractivity contribution in [3.8, 4) is 0 Å². The average Bonchev–Trinajstić information content (AvgIpc) is 2.36. The van der Waals surface area contributed by atoms with E-state index in [2.05, 4.69) is 4.18 Å². The van der Waals surface area contributed by atoms with Crippen LogP contribution in [0.1, 0.15) is 19.4 Å². The van der Waals surface area contributed by atoms with E-state index < -0.39 is 17.7 Å². The van der Waals surface area contributed by atoms with Gasteiger partial charge in [-0.05, 0) is 38.5 Å². The monoisotopic (exact) mass is 356 g/mol. The summed E-state index contributed by atoms with van der Waals surface area (Å²) in [7, 11) is -5.22. The molecule has 0 amide bonds. The third-order valence-electron chi connectivity index (χ3n) is 2.59. The van der Waals surface area contributed by atoms with Crippen LogP contribution in [0.5, 0.6) is 0 Å². The van der Waals surface area contributed by atoms with Crippen LogP contribution in [0, 0.1) is 6.92 Å². The molecule has 1 atom stereocenters. The van der Waals surface area contributed by atoms with Crippen LogP contribution in [-0.4, -0.2) is 28.7 Å². The Labute approximate surface area is 130 Å². The fourth-order valence-electron chi connectivity index (χ4n) is 1.76. The molecule has 0 radical (unpaired) electrons. The van der Waals surface area contributed by atoms with Gasteiger partial charge in [0.1, 0.15) is 4.90 Å². The highest BCUT2D eigenvalue weighted by Crippen LogP contribution is 2.48. The highest BCUT2D eigenvalue weighted by Gasteiger charge is 2.31. The standard InChI is InChI=1S/C12H18ClO6PS/c1-8(2)19-20(14,17-4)10-6-9(3)12(11(13)7-10)21(15,16)18-5/h6-8H,1-5H3. The van der Waals surface area contributed by atoms with E-state index in [1.54, 1.807) is 13.8 Å². The van der Waals surface area contributed by atoms with Crippen molar-refractivity contribution in [3.05, 3.63) is 22.7 Å². The van der Waals surface area contributed by atoms with Crippen LogP contribution in [-0.2, 0) is 27.9 Å². The van der Waals surface area contributed by atoms with E-state index in [1.165, 1.54) is 26.2 Å². The SMILES string of the molecule is COP(=O)(OC(C)C)c1cc(C)c(S(=O)(=O)OC)c(Cl)c1. The summed E-state index contributed by atoms with van der Waals surface area (Å²) in [6, 6.07) is 2.66. The molecule has 1 aromatic rings. The summed E-state index contributed by atoms with van der Waals surface area (Å²) in [6.07, 6.45) is -0.336. The molecule has 1 unspecified atom stereocenters. The number of rotatable bonds is 6. The lowest BCUT2D eigenvalue weighted by Gasteiger charge is -2.20. The van der Waals surface area contributed by atoms with E-state index >= 15 is 0 Å². The Balaban J connectivity index is 3.48. The first-order chi connectivity index (χ1) is 9.57. The first-order valence-corrected chi connectivity index (χ1v) is 9.35. The quantitative estimate of drug-likeness (QED) is 0.576. The second-order valence-electron chi connectivity index (χ2n) is 4.53. The van der Waals surface area contributed by atoms with Crippen LogP contribution >= 0.6 is 19.2 Å². The first kappa shape index (κ1) is 18.6. The molecule has 21 heavy (non-hydrogen) atoms. The molecule has 0 bridgehead atoms. The van der Waals surface area contributed by atoms with Crippen molar-refractivity contribution in [1.29, 1.82) is 0 Å². The van der Waals surface area contributed by atoms with Gasteiger partial charge in [-0.2, -0.15) is 8.42 Å². The van der Waals surface area contributed by atoms with E-state index in [4.69, 9.17) is 20.6 Å². The number of aryl methyl sites for hydroxylation is 1. The van der Waals surface area contributed by atoms with Crippen LogP contribution in [0.3, 0.4) is 0 Å². The maximum Gasteiger partial charge on any atom is 0.361 e. The van der Waals surface area contributed by atoms with Crippen molar-refractivity contribution in [2.45, 2.75) is 31.8 Å². The van der Waals surface area contributed by atoms with Gasteiger partial charge >= 0.3 is 7.60 Å². The van der Waals surface area contributed by atoms with E-state index in [1.807, 2.05) is 0 Å².